The molecule has 0 amide bonds. The van der Waals surface area contributed by atoms with Crippen molar-refractivity contribution in [1.29, 1.82) is 0 Å². The minimum atomic E-state index is -0.134. The van der Waals surface area contributed by atoms with E-state index in [1.165, 1.54) is 12.3 Å². The summed E-state index contributed by atoms with van der Waals surface area (Å²) in [5.74, 6) is 0.219. The molecule has 0 aliphatic rings. The van der Waals surface area contributed by atoms with Crippen molar-refractivity contribution >= 4 is 27.8 Å². The molecule has 0 radical (unpaired) electrons. The van der Waals surface area contributed by atoms with E-state index in [2.05, 4.69) is 15.9 Å². The lowest BCUT2D eigenvalue weighted by Crippen LogP contribution is -1.90. The zero-order valence-electron chi connectivity index (χ0n) is 8.39. The van der Waals surface area contributed by atoms with Gasteiger partial charge in [0, 0.05) is 4.47 Å². The zero-order chi connectivity index (χ0) is 11.4. The summed E-state index contributed by atoms with van der Waals surface area (Å²) in [6, 6.07) is 11.1. The maximum absolute atomic E-state index is 11.6. The number of benzene rings is 1. The largest absolute Gasteiger partial charge is 0.461 e. The van der Waals surface area contributed by atoms with Gasteiger partial charge in [0.05, 0.1) is 6.26 Å². The van der Waals surface area contributed by atoms with Crippen LogP contribution in [0.1, 0.15) is 16.1 Å². The van der Waals surface area contributed by atoms with Gasteiger partial charge in [-0.1, -0.05) is 34.1 Å². The third kappa shape index (κ3) is 2.70. The van der Waals surface area contributed by atoms with Crippen molar-refractivity contribution in [2.75, 3.05) is 0 Å². The average Bonchev–Trinajstić information content (AvgIpc) is 2.79. The summed E-state index contributed by atoms with van der Waals surface area (Å²) in [6.45, 7) is 0. The van der Waals surface area contributed by atoms with Crippen LogP contribution < -0.4 is 0 Å². The van der Waals surface area contributed by atoms with Gasteiger partial charge in [0.1, 0.15) is 0 Å². The lowest BCUT2D eigenvalue weighted by Gasteiger charge is -1.93. The molecule has 0 saturated carbocycles. The van der Waals surface area contributed by atoms with E-state index >= 15 is 0 Å². The fraction of sp³-hybridized carbons (Fsp3) is 0. The van der Waals surface area contributed by atoms with E-state index in [1.54, 1.807) is 18.2 Å². The first-order chi connectivity index (χ1) is 7.75. The normalized spacial score (nSPS) is 10.8. The van der Waals surface area contributed by atoms with Crippen molar-refractivity contribution in [3.05, 3.63) is 64.5 Å². The van der Waals surface area contributed by atoms with E-state index in [9.17, 15) is 4.79 Å². The Morgan fingerprint density at radius 1 is 1.25 bits per heavy atom. The molecular formula is C13H9BrO2. The Balaban J connectivity index is 2.13. The van der Waals surface area contributed by atoms with Gasteiger partial charge in [-0.25, -0.2) is 0 Å². The third-order valence-electron chi connectivity index (χ3n) is 2.04. The number of allylic oxidation sites excluding steroid dienone is 1. The highest BCUT2D eigenvalue weighted by Gasteiger charge is 2.03. The maximum Gasteiger partial charge on any atom is 0.221 e. The first-order valence-electron chi connectivity index (χ1n) is 4.77. The molecule has 1 heterocycles. The SMILES string of the molecule is O=C(/C=C/c1cccc(Br)c1)c1ccco1. The number of halogens is 1. The molecule has 0 spiro atoms. The Hall–Kier alpha value is -1.61. The summed E-state index contributed by atoms with van der Waals surface area (Å²) in [4.78, 5) is 11.6. The number of hydrogen-bond donors (Lipinski definition) is 0. The number of rotatable bonds is 3. The lowest BCUT2D eigenvalue weighted by molar-refractivity contribution is 0.102. The molecular weight excluding hydrogens is 268 g/mol. The van der Waals surface area contributed by atoms with E-state index in [0.717, 1.165) is 10.0 Å². The zero-order valence-corrected chi connectivity index (χ0v) is 9.98. The average molecular weight is 277 g/mol. The van der Waals surface area contributed by atoms with Crippen LogP contribution in [0.3, 0.4) is 0 Å². The number of carbonyl (C=O) groups excluding carboxylic acids is 1. The van der Waals surface area contributed by atoms with Crippen LogP contribution >= 0.6 is 15.9 Å². The second-order valence-electron chi connectivity index (χ2n) is 3.23. The first kappa shape index (κ1) is 10.9. The van der Waals surface area contributed by atoms with E-state index in [4.69, 9.17) is 4.42 Å². The van der Waals surface area contributed by atoms with Gasteiger partial charge in [0.2, 0.25) is 5.78 Å². The molecule has 0 unspecified atom stereocenters. The molecule has 0 atom stereocenters. The number of carbonyl (C=O) groups is 1. The Morgan fingerprint density at radius 3 is 2.81 bits per heavy atom. The molecule has 0 N–H and O–H groups in total. The highest BCUT2D eigenvalue weighted by molar-refractivity contribution is 9.10. The topological polar surface area (TPSA) is 30.2 Å². The summed E-state index contributed by atoms with van der Waals surface area (Å²) >= 11 is 3.37. The van der Waals surface area contributed by atoms with Crippen molar-refractivity contribution < 1.29 is 9.21 Å². The lowest BCUT2D eigenvalue weighted by atomic mass is 10.2. The van der Waals surface area contributed by atoms with Gasteiger partial charge in [-0.15, -0.1) is 0 Å². The quantitative estimate of drug-likeness (QED) is 0.628. The molecule has 80 valence electrons. The van der Waals surface area contributed by atoms with Crippen molar-refractivity contribution in [3.8, 4) is 0 Å². The fourth-order valence-electron chi connectivity index (χ4n) is 1.28. The van der Waals surface area contributed by atoms with Crippen LogP contribution in [0, 0.1) is 0 Å². The van der Waals surface area contributed by atoms with Crippen molar-refractivity contribution in [2.45, 2.75) is 0 Å². The summed E-state index contributed by atoms with van der Waals surface area (Å²) in [5, 5.41) is 0. The smallest absolute Gasteiger partial charge is 0.221 e. The van der Waals surface area contributed by atoms with Gasteiger partial charge >= 0.3 is 0 Å². The molecule has 2 aromatic rings. The van der Waals surface area contributed by atoms with Crippen LogP contribution in [0.5, 0.6) is 0 Å². The molecule has 3 heteroatoms. The molecule has 0 aliphatic heterocycles. The predicted molar refractivity (Wildman–Crippen MR) is 66.2 cm³/mol. The van der Waals surface area contributed by atoms with E-state index in [-0.39, 0.29) is 5.78 Å². The highest BCUT2D eigenvalue weighted by Crippen LogP contribution is 2.13. The van der Waals surface area contributed by atoms with Crippen molar-refractivity contribution in [1.82, 2.24) is 0 Å². The van der Waals surface area contributed by atoms with Crippen LogP contribution in [-0.4, -0.2) is 5.78 Å². The minimum Gasteiger partial charge on any atom is -0.461 e. The molecule has 2 nitrogen and oxygen atoms in total. The second kappa shape index (κ2) is 4.94. The van der Waals surface area contributed by atoms with E-state index in [1.807, 2.05) is 24.3 Å². The van der Waals surface area contributed by atoms with Crippen LogP contribution in [-0.2, 0) is 0 Å². The standard InChI is InChI=1S/C13H9BrO2/c14-11-4-1-3-10(9-11)6-7-12(15)13-5-2-8-16-13/h1-9H/b7-6+. The van der Waals surface area contributed by atoms with Gasteiger partial charge in [0.25, 0.3) is 0 Å². The minimum absolute atomic E-state index is 0.134. The van der Waals surface area contributed by atoms with Crippen LogP contribution in [0.25, 0.3) is 6.08 Å². The summed E-state index contributed by atoms with van der Waals surface area (Å²) in [5.41, 5.74) is 0.967. The number of hydrogen-bond acceptors (Lipinski definition) is 2. The van der Waals surface area contributed by atoms with Crippen LogP contribution in [0.2, 0.25) is 0 Å². The van der Waals surface area contributed by atoms with Gasteiger partial charge in [-0.2, -0.15) is 0 Å². The van der Waals surface area contributed by atoms with Gasteiger partial charge < -0.3 is 4.42 Å². The van der Waals surface area contributed by atoms with Crippen LogP contribution in [0.15, 0.2) is 57.6 Å². The predicted octanol–water partition coefficient (Wildman–Crippen LogP) is 3.94. The monoisotopic (exact) mass is 276 g/mol. The van der Waals surface area contributed by atoms with E-state index in [0.29, 0.717) is 5.76 Å². The fourth-order valence-corrected chi connectivity index (χ4v) is 1.70. The molecule has 1 aromatic carbocycles. The molecule has 1 aromatic heterocycles. The Morgan fingerprint density at radius 2 is 2.12 bits per heavy atom. The van der Waals surface area contributed by atoms with Gasteiger partial charge in [-0.3, -0.25) is 4.79 Å². The first-order valence-corrected chi connectivity index (χ1v) is 5.56. The Labute approximate surface area is 102 Å². The van der Waals surface area contributed by atoms with Gasteiger partial charge in [0.15, 0.2) is 5.76 Å². The molecule has 0 aliphatic carbocycles. The molecule has 16 heavy (non-hydrogen) atoms. The summed E-state index contributed by atoms with van der Waals surface area (Å²) < 4.78 is 5.98. The maximum atomic E-state index is 11.6. The Bertz CT molecular complexity index is 512. The number of ketones is 1. The Kier molecular flexibility index (Phi) is 3.37. The molecule has 0 bridgehead atoms. The van der Waals surface area contributed by atoms with Crippen molar-refractivity contribution in [3.63, 3.8) is 0 Å². The third-order valence-corrected chi connectivity index (χ3v) is 2.53. The second-order valence-corrected chi connectivity index (χ2v) is 4.15. The van der Waals surface area contributed by atoms with Gasteiger partial charge in [-0.05, 0) is 35.9 Å². The van der Waals surface area contributed by atoms with E-state index < -0.39 is 0 Å². The number of furan rings is 1. The molecule has 0 saturated heterocycles. The molecule has 0 fully saturated rings. The summed E-state index contributed by atoms with van der Waals surface area (Å²) in [7, 11) is 0. The van der Waals surface area contributed by atoms with Crippen LogP contribution in [0.4, 0.5) is 0 Å². The molecule has 2 rings (SSSR count). The summed E-state index contributed by atoms with van der Waals surface area (Å²) in [6.07, 6.45) is 4.75. The van der Waals surface area contributed by atoms with Crippen molar-refractivity contribution in [2.24, 2.45) is 0 Å². The highest BCUT2D eigenvalue weighted by atomic mass is 79.9.